The molecule has 0 bridgehead atoms. The van der Waals surface area contributed by atoms with Crippen molar-refractivity contribution in [2.75, 3.05) is 44.2 Å². The highest BCUT2D eigenvalue weighted by molar-refractivity contribution is 6.74. The lowest BCUT2D eigenvalue weighted by atomic mass is 10.1. The van der Waals surface area contributed by atoms with Gasteiger partial charge in [0.05, 0.1) is 38.5 Å². The fraction of sp³-hybridized carbons (Fsp3) is 0.560. The van der Waals surface area contributed by atoms with Crippen molar-refractivity contribution in [3.63, 3.8) is 0 Å². The van der Waals surface area contributed by atoms with Gasteiger partial charge < -0.3 is 14.2 Å². The van der Waals surface area contributed by atoms with Crippen molar-refractivity contribution in [1.82, 2.24) is 14.9 Å². The van der Waals surface area contributed by atoms with Gasteiger partial charge in [0.25, 0.3) is 5.92 Å². The molecule has 196 valence electrons. The molecule has 2 aliphatic rings. The summed E-state index contributed by atoms with van der Waals surface area (Å²) in [6, 6.07) is 5.29. The van der Waals surface area contributed by atoms with Crippen LogP contribution in [0.15, 0.2) is 35.7 Å². The standard InChI is InChI=1S/C25H34F3N5O2Si/c1-24(2,3)36(4,5)35-15-18-7-6-8-21(22(18)26)19-11-29-23(30-12-19)33-13-20(14-33)31-34-10-9-32-16-25(27,28)17-32/h6-8,11-12H,9-10,13-17H2,1-5H3. The minimum Gasteiger partial charge on any atom is -0.412 e. The Labute approximate surface area is 211 Å². The van der Waals surface area contributed by atoms with Crippen molar-refractivity contribution in [1.29, 1.82) is 0 Å². The number of aromatic nitrogens is 2. The first kappa shape index (κ1) is 26.6. The van der Waals surface area contributed by atoms with Crippen LogP contribution >= 0.6 is 0 Å². The van der Waals surface area contributed by atoms with Gasteiger partial charge in [-0.05, 0) is 18.1 Å². The molecule has 0 aliphatic carbocycles. The Morgan fingerprint density at radius 3 is 2.39 bits per heavy atom. The molecule has 36 heavy (non-hydrogen) atoms. The van der Waals surface area contributed by atoms with E-state index in [0.717, 1.165) is 5.71 Å². The van der Waals surface area contributed by atoms with Gasteiger partial charge in [-0.3, -0.25) is 4.90 Å². The molecule has 0 N–H and O–H groups in total. The normalized spacial score (nSPS) is 18.0. The molecule has 2 aliphatic heterocycles. The fourth-order valence-electron chi connectivity index (χ4n) is 3.68. The van der Waals surface area contributed by atoms with E-state index in [4.69, 9.17) is 9.26 Å². The molecule has 3 heterocycles. The molecule has 1 aromatic carbocycles. The van der Waals surface area contributed by atoms with E-state index in [9.17, 15) is 8.78 Å². The van der Waals surface area contributed by atoms with E-state index in [0.29, 0.717) is 42.3 Å². The van der Waals surface area contributed by atoms with Crippen molar-refractivity contribution < 1.29 is 22.4 Å². The Balaban J connectivity index is 1.29. The van der Waals surface area contributed by atoms with Crippen LogP contribution in [0.3, 0.4) is 0 Å². The Hall–Kier alpha value is -2.50. The van der Waals surface area contributed by atoms with Crippen LogP contribution in [0.1, 0.15) is 26.3 Å². The van der Waals surface area contributed by atoms with E-state index in [1.807, 2.05) is 11.0 Å². The van der Waals surface area contributed by atoms with Crippen LogP contribution in [0.5, 0.6) is 0 Å². The molecule has 4 rings (SSSR count). The first-order valence-electron chi connectivity index (χ1n) is 12.1. The molecular weight excluding hydrogens is 487 g/mol. The number of rotatable bonds is 9. The molecular formula is C25H34F3N5O2Si. The lowest BCUT2D eigenvalue weighted by Crippen LogP contribution is -2.56. The molecule has 0 radical (unpaired) electrons. The topological polar surface area (TPSA) is 63.1 Å². The van der Waals surface area contributed by atoms with Crippen molar-refractivity contribution in [3.05, 3.63) is 42.0 Å². The number of hydrogen-bond donors (Lipinski definition) is 0. The van der Waals surface area contributed by atoms with Crippen LogP contribution in [0.4, 0.5) is 19.1 Å². The summed E-state index contributed by atoms with van der Waals surface area (Å²) in [5.41, 5.74) is 2.39. The third kappa shape index (κ3) is 6.07. The highest BCUT2D eigenvalue weighted by Crippen LogP contribution is 2.37. The third-order valence-electron chi connectivity index (χ3n) is 7.05. The number of likely N-dealkylation sites (tertiary alicyclic amines) is 1. The van der Waals surface area contributed by atoms with E-state index in [1.165, 1.54) is 0 Å². The first-order chi connectivity index (χ1) is 16.8. The van der Waals surface area contributed by atoms with E-state index in [1.54, 1.807) is 29.4 Å². The summed E-state index contributed by atoms with van der Waals surface area (Å²) in [6.45, 7) is 12.3. The largest absolute Gasteiger partial charge is 0.412 e. The maximum atomic E-state index is 15.3. The zero-order valence-electron chi connectivity index (χ0n) is 21.5. The number of hydrogen-bond acceptors (Lipinski definition) is 7. The molecule has 0 atom stereocenters. The van der Waals surface area contributed by atoms with Crippen molar-refractivity contribution in [2.45, 2.75) is 51.4 Å². The van der Waals surface area contributed by atoms with E-state index in [2.05, 4.69) is 49.0 Å². The summed E-state index contributed by atoms with van der Waals surface area (Å²) < 4.78 is 47.1. The highest BCUT2D eigenvalue weighted by Gasteiger charge is 2.43. The van der Waals surface area contributed by atoms with Gasteiger partial charge >= 0.3 is 0 Å². The van der Waals surface area contributed by atoms with Crippen LogP contribution < -0.4 is 4.90 Å². The zero-order chi connectivity index (χ0) is 26.1. The quantitative estimate of drug-likeness (QED) is 0.264. The van der Waals surface area contributed by atoms with Crippen LogP contribution in [0.25, 0.3) is 11.1 Å². The van der Waals surface area contributed by atoms with Crippen LogP contribution in [0.2, 0.25) is 18.1 Å². The van der Waals surface area contributed by atoms with Crippen LogP contribution in [-0.2, 0) is 15.9 Å². The lowest BCUT2D eigenvalue weighted by Gasteiger charge is -2.38. The Morgan fingerprint density at radius 1 is 1.11 bits per heavy atom. The van der Waals surface area contributed by atoms with E-state index < -0.39 is 14.2 Å². The van der Waals surface area contributed by atoms with Gasteiger partial charge in [-0.15, -0.1) is 0 Å². The van der Waals surface area contributed by atoms with Gasteiger partial charge in [-0.1, -0.05) is 44.1 Å². The summed E-state index contributed by atoms with van der Waals surface area (Å²) in [7, 11) is -2.00. The molecule has 0 unspecified atom stereocenters. The maximum absolute atomic E-state index is 15.3. The van der Waals surface area contributed by atoms with Gasteiger partial charge in [0.2, 0.25) is 5.95 Å². The number of nitrogens with zero attached hydrogens (tertiary/aromatic N) is 5. The monoisotopic (exact) mass is 521 g/mol. The summed E-state index contributed by atoms with van der Waals surface area (Å²) in [4.78, 5) is 17.6. The van der Waals surface area contributed by atoms with Gasteiger partial charge in [-0.2, -0.15) is 0 Å². The lowest BCUT2D eigenvalue weighted by molar-refractivity contribution is -0.134. The highest BCUT2D eigenvalue weighted by atomic mass is 28.4. The second kappa shape index (κ2) is 10.1. The van der Waals surface area contributed by atoms with Gasteiger partial charge in [0.15, 0.2) is 8.32 Å². The number of oxime groups is 1. The molecule has 11 heteroatoms. The van der Waals surface area contributed by atoms with Crippen molar-refractivity contribution in [2.24, 2.45) is 5.16 Å². The summed E-state index contributed by atoms with van der Waals surface area (Å²) >= 11 is 0. The number of anilines is 1. The minimum absolute atomic E-state index is 0.0486. The number of halogens is 3. The average molecular weight is 522 g/mol. The molecule has 0 spiro atoms. The smallest absolute Gasteiger partial charge is 0.272 e. The van der Waals surface area contributed by atoms with Gasteiger partial charge in [0.1, 0.15) is 12.4 Å². The first-order valence-corrected chi connectivity index (χ1v) is 15.0. The Morgan fingerprint density at radius 2 is 1.78 bits per heavy atom. The maximum Gasteiger partial charge on any atom is 0.272 e. The molecule has 7 nitrogen and oxygen atoms in total. The molecule has 0 amide bonds. The molecule has 2 saturated heterocycles. The second-order valence-electron chi connectivity index (χ2n) is 11.0. The number of alkyl halides is 2. The average Bonchev–Trinajstić information content (AvgIpc) is 2.75. The fourth-order valence-corrected chi connectivity index (χ4v) is 4.63. The zero-order valence-corrected chi connectivity index (χ0v) is 22.5. The van der Waals surface area contributed by atoms with Crippen LogP contribution in [0, 0.1) is 5.82 Å². The Bertz CT molecular complexity index is 1090. The van der Waals surface area contributed by atoms with Crippen LogP contribution in [-0.4, -0.2) is 74.2 Å². The summed E-state index contributed by atoms with van der Waals surface area (Å²) in [5, 5.41) is 4.10. The SMILES string of the molecule is CC(C)(C)[Si](C)(C)OCc1cccc(-c2cnc(N3CC(=NOCCN4CC(F)(F)C4)C3)nc2)c1F. The summed E-state index contributed by atoms with van der Waals surface area (Å²) in [6.07, 6.45) is 3.24. The molecule has 0 saturated carbocycles. The predicted molar refractivity (Wildman–Crippen MR) is 136 cm³/mol. The number of benzene rings is 1. The predicted octanol–water partition coefficient (Wildman–Crippen LogP) is 4.95. The molecule has 2 aromatic rings. The summed E-state index contributed by atoms with van der Waals surface area (Å²) in [5.74, 6) is -2.35. The van der Waals surface area contributed by atoms with Gasteiger partial charge in [0, 0.05) is 35.6 Å². The van der Waals surface area contributed by atoms with Crippen molar-refractivity contribution in [3.8, 4) is 11.1 Å². The van der Waals surface area contributed by atoms with E-state index >= 15 is 4.39 Å². The third-order valence-corrected chi connectivity index (χ3v) is 11.5. The minimum atomic E-state index is -2.57. The molecule has 2 fully saturated rings. The molecule has 1 aromatic heterocycles. The second-order valence-corrected chi connectivity index (χ2v) is 15.8. The van der Waals surface area contributed by atoms with E-state index in [-0.39, 0.29) is 37.2 Å². The Kier molecular flexibility index (Phi) is 7.45. The van der Waals surface area contributed by atoms with Crippen molar-refractivity contribution >= 4 is 20.0 Å². The van der Waals surface area contributed by atoms with Gasteiger partial charge in [-0.25, -0.2) is 23.1 Å².